The number of rotatable bonds is 10. The van der Waals surface area contributed by atoms with E-state index in [0.717, 1.165) is 43.0 Å². The molecule has 1 atom stereocenters. The quantitative estimate of drug-likeness (QED) is 0.605. The first-order valence-corrected chi connectivity index (χ1v) is 10.4. The number of piperidine rings is 1. The molecule has 2 N–H and O–H groups in total. The Morgan fingerprint density at radius 1 is 1.23 bits per heavy atom. The molecule has 0 radical (unpaired) electrons. The first kappa shape index (κ1) is 22.3. The van der Waals surface area contributed by atoms with E-state index in [1.54, 1.807) is 25.6 Å². The highest BCUT2D eigenvalue weighted by Gasteiger charge is 2.33. The Kier molecular flexibility index (Phi) is 7.84. The van der Waals surface area contributed by atoms with Gasteiger partial charge in [0.2, 0.25) is 5.95 Å². The molecule has 1 saturated heterocycles. The molecule has 164 valence electrons. The van der Waals surface area contributed by atoms with Gasteiger partial charge in [-0.15, -0.1) is 0 Å². The highest BCUT2D eigenvalue weighted by atomic mass is 16.5. The number of aromatic nitrogens is 2. The zero-order valence-electron chi connectivity index (χ0n) is 18.2. The maximum absolute atomic E-state index is 11.1. The molecule has 1 aromatic carbocycles. The van der Waals surface area contributed by atoms with Gasteiger partial charge in [0.05, 0.1) is 19.3 Å². The lowest BCUT2D eigenvalue weighted by molar-refractivity contribution is 0.0256. The van der Waals surface area contributed by atoms with E-state index in [-0.39, 0.29) is 0 Å². The molecule has 1 aliphatic heterocycles. The molecule has 0 amide bonds. The van der Waals surface area contributed by atoms with Gasteiger partial charge in [0.15, 0.2) is 11.5 Å². The first-order chi connectivity index (χ1) is 14.5. The molecule has 1 aromatic heterocycles. The molecule has 0 saturated carbocycles. The van der Waals surface area contributed by atoms with Crippen molar-refractivity contribution >= 4 is 5.95 Å². The predicted molar refractivity (Wildman–Crippen MR) is 117 cm³/mol. The van der Waals surface area contributed by atoms with Crippen molar-refractivity contribution in [2.45, 2.75) is 25.0 Å². The predicted octanol–water partition coefficient (Wildman–Crippen LogP) is 1.55. The average molecular weight is 416 g/mol. The maximum atomic E-state index is 11.1. The lowest BCUT2D eigenvalue weighted by Crippen LogP contribution is -2.53. The van der Waals surface area contributed by atoms with Gasteiger partial charge in [0.25, 0.3) is 0 Å². The van der Waals surface area contributed by atoms with Crippen molar-refractivity contribution in [3.63, 3.8) is 0 Å². The largest absolute Gasteiger partial charge is 0.493 e. The third kappa shape index (κ3) is 6.29. The molecule has 8 nitrogen and oxygen atoms in total. The van der Waals surface area contributed by atoms with E-state index < -0.39 is 5.60 Å². The van der Waals surface area contributed by atoms with Crippen LogP contribution in [0.5, 0.6) is 11.5 Å². The second-order valence-corrected chi connectivity index (χ2v) is 8.04. The van der Waals surface area contributed by atoms with Crippen LogP contribution in [0.3, 0.4) is 0 Å². The summed E-state index contributed by atoms with van der Waals surface area (Å²) < 4.78 is 11.3. The third-order valence-electron chi connectivity index (χ3n) is 5.20. The van der Waals surface area contributed by atoms with Gasteiger partial charge in [-0.05, 0) is 50.7 Å². The van der Waals surface area contributed by atoms with E-state index >= 15 is 0 Å². The highest BCUT2D eigenvalue weighted by molar-refractivity contribution is 5.43. The third-order valence-corrected chi connectivity index (χ3v) is 5.20. The molecule has 0 aliphatic carbocycles. The van der Waals surface area contributed by atoms with E-state index in [1.165, 1.54) is 0 Å². The Labute approximate surface area is 178 Å². The fourth-order valence-electron chi connectivity index (χ4n) is 3.60. The van der Waals surface area contributed by atoms with Crippen LogP contribution in [0.2, 0.25) is 0 Å². The molecule has 1 unspecified atom stereocenters. The van der Waals surface area contributed by atoms with Crippen LogP contribution in [0.4, 0.5) is 5.95 Å². The SMILES string of the molecule is COc1cc(CNCC2(O)CCCN(c3ncccn3)C2)ccc1OCCN(C)C. The summed E-state index contributed by atoms with van der Waals surface area (Å²) in [6, 6.07) is 7.74. The first-order valence-electron chi connectivity index (χ1n) is 10.4. The molecular weight excluding hydrogens is 382 g/mol. The van der Waals surface area contributed by atoms with Crippen LogP contribution < -0.4 is 19.7 Å². The number of likely N-dealkylation sites (N-methyl/N-ethyl adjacent to an activating group) is 1. The van der Waals surface area contributed by atoms with Gasteiger partial charge >= 0.3 is 0 Å². The molecule has 8 heteroatoms. The number of aliphatic hydroxyl groups is 1. The topological polar surface area (TPSA) is 83.0 Å². The normalized spacial score (nSPS) is 19.2. The zero-order chi connectivity index (χ0) is 21.4. The summed E-state index contributed by atoms with van der Waals surface area (Å²) in [4.78, 5) is 12.7. The minimum atomic E-state index is -0.809. The molecule has 0 spiro atoms. The fourth-order valence-corrected chi connectivity index (χ4v) is 3.60. The summed E-state index contributed by atoms with van der Waals surface area (Å²) in [6.07, 6.45) is 5.12. The van der Waals surface area contributed by atoms with Crippen LogP contribution in [-0.4, -0.2) is 79.6 Å². The second kappa shape index (κ2) is 10.6. The Morgan fingerprint density at radius 3 is 2.77 bits per heavy atom. The summed E-state index contributed by atoms with van der Waals surface area (Å²) in [5, 5.41) is 14.5. The van der Waals surface area contributed by atoms with E-state index in [1.807, 2.05) is 37.2 Å². The minimum Gasteiger partial charge on any atom is -0.493 e. The summed E-state index contributed by atoms with van der Waals surface area (Å²) in [5.74, 6) is 2.13. The number of anilines is 1. The molecule has 2 aromatic rings. The number of nitrogens with zero attached hydrogens (tertiary/aromatic N) is 4. The van der Waals surface area contributed by atoms with E-state index in [4.69, 9.17) is 9.47 Å². The second-order valence-electron chi connectivity index (χ2n) is 8.04. The van der Waals surface area contributed by atoms with Gasteiger partial charge in [-0.1, -0.05) is 6.07 Å². The smallest absolute Gasteiger partial charge is 0.225 e. The van der Waals surface area contributed by atoms with Crippen LogP contribution in [-0.2, 0) is 6.54 Å². The van der Waals surface area contributed by atoms with Crippen LogP contribution in [0.15, 0.2) is 36.7 Å². The van der Waals surface area contributed by atoms with Crippen molar-refractivity contribution < 1.29 is 14.6 Å². The molecule has 0 bridgehead atoms. The molecular formula is C22H33N5O3. The van der Waals surface area contributed by atoms with E-state index in [0.29, 0.717) is 32.2 Å². The lowest BCUT2D eigenvalue weighted by Gasteiger charge is -2.39. The lowest BCUT2D eigenvalue weighted by atomic mass is 9.93. The molecule has 30 heavy (non-hydrogen) atoms. The number of hydrogen-bond donors (Lipinski definition) is 2. The zero-order valence-corrected chi connectivity index (χ0v) is 18.2. The number of benzene rings is 1. The van der Waals surface area contributed by atoms with Gasteiger partial charge in [-0.3, -0.25) is 0 Å². The molecule has 1 aliphatic rings. The standard InChI is InChI=1S/C22H33N5O3/c1-26(2)12-13-30-19-7-6-18(14-20(19)29-3)15-23-16-22(28)8-4-11-27(17-22)21-24-9-5-10-25-21/h5-7,9-10,14,23,28H,4,8,11-13,15-17H2,1-3H3. The average Bonchev–Trinajstić information content (AvgIpc) is 2.75. The van der Waals surface area contributed by atoms with E-state index in [9.17, 15) is 5.11 Å². The van der Waals surface area contributed by atoms with Crippen LogP contribution in [0, 0.1) is 0 Å². The van der Waals surface area contributed by atoms with Gasteiger partial charge in [-0.25, -0.2) is 9.97 Å². The monoisotopic (exact) mass is 415 g/mol. The highest BCUT2D eigenvalue weighted by Crippen LogP contribution is 2.28. The Morgan fingerprint density at radius 2 is 2.03 bits per heavy atom. The van der Waals surface area contributed by atoms with Crippen LogP contribution in [0.1, 0.15) is 18.4 Å². The molecule has 1 fully saturated rings. The maximum Gasteiger partial charge on any atom is 0.225 e. The van der Waals surface area contributed by atoms with Gasteiger partial charge in [0.1, 0.15) is 6.61 Å². The number of ether oxygens (including phenoxy) is 2. The Hall–Kier alpha value is -2.42. The van der Waals surface area contributed by atoms with Gasteiger partial charge < -0.3 is 29.7 Å². The van der Waals surface area contributed by atoms with Crippen molar-refractivity contribution in [3.05, 3.63) is 42.2 Å². The number of β-amino-alcohol motifs (C(OH)–C–C–N with tert-alkyl or cyclic N) is 1. The summed E-state index contributed by atoms with van der Waals surface area (Å²) in [7, 11) is 5.68. The van der Waals surface area contributed by atoms with Crippen LogP contribution >= 0.6 is 0 Å². The summed E-state index contributed by atoms with van der Waals surface area (Å²) in [5.41, 5.74) is 0.269. The molecule has 2 heterocycles. The van der Waals surface area contributed by atoms with Crippen molar-refractivity contribution in [1.29, 1.82) is 0 Å². The van der Waals surface area contributed by atoms with Crippen molar-refractivity contribution in [2.24, 2.45) is 0 Å². The van der Waals surface area contributed by atoms with Crippen molar-refractivity contribution in [3.8, 4) is 11.5 Å². The molecule has 3 rings (SSSR count). The van der Waals surface area contributed by atoms with Crippen molar-refractivity contribution in [2.75, 3.05) is 58.9 Å². The fraction of sp³-hybridized carbons (Fsp3) is 0.545. The number of methoxy groups -OCH3 is 1. The minimum absolute atomic E-state index is 0.500. The summed E-state index contributed by atoms with van der Waals surface area (Å²) in [6.45, 7) is 3.97. The van der Waals surface area contributed by atoms with Gasteiger partial charge in [-0.2, -0.15) is 0 Å². The van der Waals surface area contributed by atoms with Gasteiger partial charge in [0, 0.05) is 38.6 Å². The number of hydrogen-bond acceptors (Lipinski definition) is 8. The van der Waals surface area contributed by atoms with E-state index in [2.05, 4.69) is 20.2 Å². The van der Waals surface area contributed by atoms with Crippen LogP contribution in [0.25, 0.3) is 0 Å². The Bertz CT molecular complexity index is 790. The Balaban J connectivity index is 1.52. The number of nitrogens with one attached hydrogen (secondary N) is 1. The van der Waals surface area contributed by atoms with Crippen molar-refractivity contribution in [1.82, 2.24) is 20.2 Å². The summed E-state index contributed by atoms with van der Waals surface area (Å²) >= 11 is 0.